The number of nitrogen functional groups attached to an aromatic ring is 2. The molecule has 0 amide bonds. The molecule has 6 N–H and O–H groups in total. The molecule has 0 saturated heterocycles. The number of hydrogen-bond donors (Lipinski definition) is 4. The van der Waals surface area contributed by atoms with E-state index in [4.69, 9.17) is 11.5 Å². The molecule has 8 saturated carbocycles. The molecule has 0 unspecified atom stereocenters. The first-order valence-corrected chi connectivity index (χ1v) is 19.2. The zero-order valence-electron chi connectivity index (χ0n) is 28.4. The molecule has 0 aromatic heterocycles. The summed E-state index contributed by atoms with van der Waals surface area (Å²) in [6.45, 7) is 0. The number of hydrogen-bond acceptors (Lipinski definition) is 4. The summed E-state index contributed by atoms with van der Waals surface area (Å²) in [7, 11) is 0. The lowest BCUT2D eigenvalue weighted by atomic mass is 9.45. The number of phenols is 2. The molecule has 0 aliphatic heterocycles. The van der Waals surface area contributed by atoms with Gasteiger partial charge in [0.05, 0.1) is 16.8 Å². The number of aromatic hydroxyl groups is 2. The van der Waals surface area contributed by atoms with Gasteiger partial charge in [-0.3, -0.25) is 0 Å². The van der Waals surface area contributed by atoms with Gasteiger partial charge in [0.15, 0.2) is 0 Å². The van der Waals surface area contributed by atoms with Crippen molar-refractivity contribution >= 4 is 11.4 Å². The fourth-order valence-corrected chi connectivity index (χ4v) is 14.8. The van der Waals surface area contributed by atoms with E-state index < -0.39 is 5.41 Å². The normalized spacial score (nSPS) is 35.4. The van der Waals surface area contributed by atoms with E-state index in [0.717, 1.165) is 74.0 Å². The van der Waals surface area contributed by atoms with E-state index in [-0.39, 0.29) is 22.3 Å². The second-order valence-corrected chi connectivity index (χ2v) is 18.1. The van der Waals surface area contributed by atoms with Crippen molar-refractivity contribution < 1.29 is 10.2 Å². The van der Waals surface area contributed by atoms with E-state index in [1.807, 2.05) is 12.1 Å². The summed E-state index contributed by atoms with van der Waals surface area (Å²) in [5, 5.41) is 23.0. The highest BCUT2D eigenvalue weighted by molar-refractivity contribution is 5.89. The lowest BCUT2D eigenvalue weighted by molar-refractivity contribution is -0.00606. The molecule has 9 aliphatic rings. The Morgan fingerprint density at radius 2 is 0.755 bits per heavy atom. The van der Waals surface area contributed by atoms with Gasteiger partial charge >= 0.3 is 0 Å². The molecule has 9 aliphatic carbocycles. The lowest BCUT2D eigenvalue weighted by Gasteiger charge is -2.59. The number of rotatable bonds is 4. The molecule has 4 aromatic rings. The largest absolute Gasteiger partial charge is 0.506 e. The fourth-order valence-electron chi connectivity index (χ4n) is 14.8. The molecule has 0 heterocycles. The number of anilines is 2. The van der Waals surface area contributed by atoms with Crippen LogP contribution >= 0.6 is 0 Å². The van der Waals surface area contributed by atoms with Crippen molar-refractivity contribution in [3.63, 3.8) is 0 Å². The average molecular weight is 649 g/mol. The van der Waals surface area contributed by atoms with Crippen LogP contribution in [0.3, 0.4) is 0 Å². The molecular weight excluding hydrogens is 601 g/mol. The van der Waals surface area contributed by atoms with E-state index in [1.165, 1.54) is 83.0 Å². The smallest absolute Gasteiger partial charge is 0.138 e. The second kappa shape index (κ2) is 9.65. The Kier molecular flexibility index (Phi) is 5.69. The van der Waals surface area contributed by atoms with Crippen LogP contribution in [0.25, 0.3) is 11.1 Å². The van der Waals surface area contributed by atoms with Gasteiger partial charge in [0, 0.05) is 0 Å². The predicted octanol–water partition coefficient (Wildman–Crippen LogP) is 9.56. The van der Waals surface area contributed by atoms with Gasteiger partial charge in [-0.25, -0.2) is 0 Å². The molecule has 0 spiro atoms. The molecule has 4 nitrogen and oxygen atoms in total. The van der Waals surface area contributed by atoms with Crippen LogP contribution in [0, 0.1) is 35.5 Å². The van der Waals surface area contributed by atoms with Crippen LogP contribution < -0.4 is 11.5 Å². The van der Waals surface area contributed by atoms with E-state index in [9.17, 15) is 10.2 Å². The Morgan fingerprint density at radius 1 is 0.429 bits per heavy atom. The van der Waals surface area contributed by atoms with Crippen LogP contribution in [0.1, 0.15) is 110 Å². The van der Waals surface area contributed by atoms with Crippen molar-refractivity contribution in [2.24, 2.45) is 35.5 Å². The van der Waals surface area contributed by atoms with Crippen LogP contribution in [0.15, 0.2) is 72.8 Å². The first-order valence-electron chi connectivity index (χ1n) is 19.2. The standard InChI is InChI=1S/C45H48N2O2/c46-41-37(48)11-9-35(39(41)43-19-25-13-26(20-43)15-27(14-25)21-43)45(33-7-3-1-5-31(33)32-6-2-4-8-34(32)45)36-10-12-38(49)42(47)40(36)44-22-28-16-29(23-44)18-30(17-28)24-44/h1-12,25-30,48-49H,13-24,46-47H2. The van der Waals surface area contributed by atoms with Gasteiger partial charge in [0.2, 0.25) is 0 Å². The number of phenolic OH excluding ortho intramolecular Hbond substituents is 2. The molecule has 8 fully saturated rings. The molecule has 4 aromatic carbocycles. The van der Waals surface area contributed by atoms with Gasteiger partial charge in [0.25, 0.3) is 0 Å². The van der Waals surface area contributed by atoms with Crippen LogP contribution in [-0.4, -0.2) is 10.2 Å². The monoisotopic (exact) mass is 648 g/mol. The van der Waals surface area contributed by atoms with Gasteiger partial charge in [-0.1, -0.05) is 60.7 Å². The highest BCUT2D eigenvalue weighted by atomic mass is 16.3. The highest BCUT2D eigenvalue weighted by Crippen LogP contribution is 2.69. The predicted molar refractivity (Wildman–Crippen MR) is 196 cm³/mol. The van der Waals surface area contributed by atoms with Gasteiger partial charge in [-0.05, 0) is 180 Å². The Morgan fingerprint density at radius 3 is 1.10 bits per heavy atom. The van der Waals surface area contributed by atoms with Gasteiger partial charge in [0.1, 0.15) is 11.5 Å². The van der Waals surface area contributed by atoms with Crippen molar-refractivity contribution in [1.82, 2.24) is 0 Å². The van der Waals surface area contributed by atoms with Gasteiger partial charge < -0.3 is 21.7 Å². The fraction of sp³-hybridized carbons (Fsp3) is 0.467. The maximum absolute atomic E-state index is 11.5. The Balaban J connectivity index is 1.28. The Hall–Kier alpha value is -3.92. The lowest BCUT2D eigenvalue weighted by Crippen LogP contribution is -2.51. The number of benzene rings is 4. The molecule has 49 heavy (non-hydrogen) atoms. The summed E-state index contributed by atoms with van der Waals surface area (Å²) in [5.41, 5.74) is 24.7. The minimum absolute atomic E-state index is 0.0598. The van der Waals surface area contributed by atoms with Crippen molar-refractivity contribution in [3.8, 4) is 22.6 Å². The van der Waals surface area contributed by atoms with E-state index in [2.05, 4.69) is 60.7 Å². The van der Waals surface area contributed by atoms with E-state index in [1.54, 1.807) is 0 Å². The molecule has 13 rings (SSSR count). The van der Waals surface area contributed by atoms with Crippen molar-refractivity contribution in [3.05, 3.63) is 106 Å². The first-order chi connectivity index (χ1) is 23.8. The summed E-state index contributed by atoms with van der Waals surface area (Å²) in [6, 6.07) is 26.2. The average Bonchev–Trinajstić information content (AvgIpc) is 3.37. The molecule has 8 bridgehead atoms. The van der Waals surface area contributed by atoms with E-state index in [0.29, 0.717) is 11.4 Å². The molecule has 0 atom stereocenters. The zero-order chi connectivity index (χ0) is 32.9. The summed E-state index contributed by atoms with van der Waals surface area (Å²) in [4.78, 5) is 0. The van der Waals surface area contributed by atoms with Crippen molar-refractivity contribution in [2.45, 2.75) is 93.3 Å². The maximum Gasteiger partial charge on any atom is 0.138 e. The number of fused-ring (bicyclic) bond motifs is 3. The summed E-state index contributed by atoms with van der Waals surface area (Å²) in [6.07, 6.45) is 15.0. The van der Waals surface area contributed by atoms with E-state index >= 15 is 0 Å². The first kappa shape index (κ1) is 28.9. The third kappa shape index (κ3) is 3.66. The maximum atomic E-state index is 11.5. The van der Waals surface area contributed by atoms with Gasteiger partial charge in [-0.15, -0.1) is 0 Å². The summed E-state index contributed by atoms with van der Waals surface area (Å²) < 4.78 is 0. The summed E-state index contributed by atoms with van der Waals surface area (Å²) >= 11 is 0. The zero-order valence-corrected chi connectivity index (χ0v) is 28.4. The Labute approximate surface area is 289 Å². The molecule has 4 heteroatoms. The minimum Gasteiger partial charge on any atom is -0.506 e. The summed E-state index contributed by atoms with van der Waals surface area (Å²) in [5.74, 6) is 4.78. The van der Waals surface area contributed by atoms with Crippen LogP contribution in [-0.2, 0) is 16.2 Å². The third-order valence-electron chi connectivity index (χ3n) is 15.3. The van der Waals surface area contributed by atoms with Crippen LogP contribution in [0.2, 0.25) is 0 Å². The molecular formula is C45H48N2O2. The quantitative estimate of drug-likeness (QED) is 0.115. The van der Waals surface area contributed by atoms with Crippen LogP contribution in [0.5, 0.6) is 11.5 Å². The SMILES string of the molecule is Nc1c(O)ccc(C2(c3ccc(O)c(N)c3C34CC5CC(CC(C5)C3)C4)c3ccccc3-c3ccccc32)c1C12CC3CC(CC(C3)C1)C2. The van der Waals surface area contributed by atoms with Crippen molar-refractivity contribution in [2.75, 3.05) is 11.5 Å². The number of nitrogens with two attached hydrogens (primary N) is 2. The van der Waals surface area contributed by atoms with Gasteiger partial charge in [-0.2, -0.15) is 0 Å². The Bertz CT molecular complexity index is 1840. The third-order valence-corrected chi connectivity index (χ3v) is 15.3. The van der Waals surface area contributed by atoms with Crippen molar-refractivity contribution in [1.29, 1.82) is 0 Å². The minimum atomic E-state index is -0.700. The second-order valence-electron chi connectivity index (χ2n) is 18.1. The van der Waals surface area contributed by atoms with Crippen LogP contribution in [0.4, 0.5) is 11.4 Å². The highest BCUT2D eigenvalue weighted by Gasteiger charge is 2.59. The topological polar surface area (TPSA) is 92.5 Å². The molecule has 250 valence electrons. The molecule has 0 radical (unpaired) electrons.